The molecule has 0 radical (unpaired) electrons. The van der Waals surface area contributed by atoms with Gasteiger partial charge in [-0.15, -0.1) is 24.0 Å². The third kappa shape index (κ3) is 9.83. The van der Waals surface area contributed by atoms with E-state index in [9.17, 15) is 4.79 Å². The van der Waals surface area contributed by atoms with Gasteiger partial charge in [0.1, 0.15) is 5.75 Å². The van der Waals surface area contributed by atoms with Crippen molar-refractivity contribution in [1.82, 2.24) is 15.5 Å². The molecule has 1 aromatic rings. The van der Waals surface area contributed by atoms with E-state index in [1.807, 2.05) is 46.6 Å². The summed E-state index contributed by atoms with van der Waals surface area (Å²) in [6, 6.07) is 6.21. The van der Waals surface area contributed by atoms with Gasteiger partial charge >= 0.3 is 0 Å². The summed E-state index contributed by atoms with van der Waals surface area (Å²) in [5, 5.41) is 6.21. The highest BCUT2D eigenvalue weighted by Gasteiger charge is 2.16. The molecule has 7 heteroatoms. The van der Waals surface area contributed by atoms with E-state index in [1.165, 1.54) is 5.56 Å². The number of halogens is 1. The first-order chi connectivity index (χ1) is 12.2. The van der Waals surface area contributed by atoms with Crippen molar-refractivity contribution in [2.45, 2.75) is 46.6 Å². The van der Waals surface area contributed by atoms with E-state index in [2.05, 4.69) is 33.8 Å². The minimum absolute atomic E-state index is 0. The van der Waals surface area contributed by atoms with E-state index in [0.717, 1.165) is 30.2 Å². The molecule has 0 saturated carbocycles. The second-order valence-electron chi connectivity index (χ2n) is 7.44. The lowest BCUT2D eigenvalue weighted by Crippen LogP contribution is -2.48. The van der Waals surface area contributed by atoms with Crippen molar-refractivity contribution in [1.29, 1.82) is 0 Å². The van der Waals surface area contributed by atoms with E-state index in [4.69, 9.17) is 4.74 Å². The fraction of sp³-hybridized carbons (Fsp3) is 0.600. The maximum atomic E-state index is 12.1. The summed E-state index contributed by atoms with van der Waals surface area (Å²) in [5.74, 6) is 1.61. The Labute approximate surface area is 181 Å². The molecule has 0 bridgehead atoms. The van der Waals surface area contributed by atoms with E-state index in [1.54, 1.807) is 7.11 Å². The highest BCUT2D eigenvalue weighted by atomic mass is 127. The fourth-order valence-electron chi connectivity index (χ4n) is 2.53. The zero-order valence-electron chi connectivity index (χ0n) is 17.7. The van der Waals surface area contributed by atoms with Gasteiger partial charge in [0.05, 0.1) is 13.7 Å². The van der Waals surface area contributed by atoms with Gasteiger partial charge in [0.25, 0.3) is 0 Å². The first kappa shape index (κ1) is 25.5. The number of likely N-dealkylation sites (N-methyl/N-ethyl adjacent to an activating group) is 1. The van der Waals surface area contributed by atoms with Crippen LogP contribution in [-0.2, 0) is 11.2 Å². The molecule has 1 rings (SSSR count). The number of guanidine groups is 1. The van der Waals surface area contributed by atoms with E-state index >= 15 is 0 Å². The summed E-state index contributed by atoms with van der Waals surface area (Å²) in [7, 11) is 3.56. The minimum atomic E-state index is -0.238. The predicted octanol–water partition coefficient (Wildman–Crippen LogP) is 2.98. The van der Waals surface area contributed by atoms with Crippen LogP contribution in [0.2, 0.25) is 0 Å². The summed E-state index contributed by atoms with van der Waals surface area (Å²) < 4.78 is 5.37. The lowest BCUT2D eigenvalue weighted by atomic mass is 10.1. The van der Waals surface area contributed by atoms with Gasteiger partial charge in [-0.2, -0.15) is 0 Å². The number of aliphatic imine (C=N–C) groups is 1. The van der Waals surface area contributed by atoms with Crippen LogP contribution < -0.4 is 15.4 Å². The quantitative estimate of drug-likeness (QED) is 0.351. The van der Waals surface area contributed by atoms with Crippen LogP contribution in [0, 0.1) is 6.92 Å². The molecule has 0 heterocycles. The van der Waals surface area contributed by atoms with Crippen LogP contribution in [0.25, 0.3) is 0 Å². The Bertz CT molecular complexity index is 627. The summed E-state index contributed by atoms with van der Waals surface area (Å²) in [4.78, 5) is 18.6. The lowest BCUT2D eigenvalue weighted by Gasteiger charge is -2.25. The number of aryl methyl sites for hydroxylation is 1. The van der Waals surface area contributed by atoms with Crippen molar-refractivity contribution >= 4 is 35.8 Å². The molecule has 0 saturated heterocycles. The number of rotatable bonds is 7. The molecular formula is C20H35IN4O2. The molecular weight excluding hydrogens is 455 g/mol. The molecule has 0 aliphatic rings. The number of benzene rings is 1. The second kappa shape index (κ2) is 12.0. The number of hydrogen-bond acceptors (Lipinski definition) is 3. The van der Waals surface area contributed by atoms with Gasteiger partial charge in [0.2, 0.25) is 5.91 Å². The lowest BCUT2D eigenvalue weighted by molar-refractivity contribution is -0.122. The molecule has 0 unspecified atom stereocenters. The molecule has 0 aliphatic carbocycles. The predicted molar refractivity (Wildman–Crippen MR) is 123 cm³/mol. The monoisotopic (exact) mass is 490 g/mol. The molecule has 0 aliphatic heterocycles. The van der Waals surface area contributed by atoms with Crippen LogP contribution in [0.1, 0.15) is 38.8 Å². The van der Waals surface area contributed by atoms with Crippen molar-refractivity contribution < 1.29 is 9.53 Å². The second-order valence-corrected chi connectivity index (χ2v) is 7.44. The Balaban J connectivity index is 0.00000676. The summed E-state index contributed by atoms with van der Waals surface area (Å²) in [5.41, 5.74) is 2.07. The SMILES string of the molecule is CCNC(=NCCc1ccc(C)c(OC)c1)N(C)CC(=O)NC(C)(C)C.I. The number of hydrogen-bond donors (Lipinski definition) is 2. The van der Waals surface area contributed by atoms with Crippen LogP contribution in [-0.4, -0.2) is 56.1 Å². The van der Waals surface area contributed by atoms with Crippen LogP contribution in [0.4, 0.5) is 0 Å². The first-order valence-electron chi connectivity index (χ1n) is 9.10. The maximum Gasteiger partial charge on any atom is 0.240 e. The molecule has 0 aromatic heterocycles. The highest BCUT2D eigenvalue weighted by Crippen LogP contribution is 2.19. The molecule has 6 nitrogen and oxygen atoms in total. The van der Waals surface area contributed by atoms with Gasteiger partial charge in [0, 0.05) is 25.7 Å². The summed E-state index contributed by atoms with van der Waals surface area (Å²) in [6.07, 6.45) is 0.813. The molecule has 2 N–H and O–H groups in total. The zero-order valence-corrected chi connectivity index (χ0v) is 20.0. The number of ether oxygens (including phenoxy) is 1. The van der Waals surface area contributed by atoms with Gasteiger partial charge in [-0.3, -0.25) is 9.79 Å². The zero-order chi connectivity index (χ0) is 19.7. The molecule has 0 fully saturated rings. The Morgan fingerprint density at radius 1 is 1.30 bits per heavy atom. The van der Waals surface area contributed by atoms with E-state index in [0.29, 0.717) is 6.54 Å². The average Bonchev–Trinajstić information content (AvgIpc) is 2.53. The van der Waals surface area contributed by atoms with Crippen molar-refractivity contribution in [2.24, 2.45) is 4.99 Å². The normalized spacial score (nSPS) is 11.4. The largest absolute Gasteiger partial charge is 0.496 e. The van der Waals surface area contributed by atoms with Gasteiger partial charge in [-0.1, -0.05) is 12.1 Å². The summed E-state index contributed by atoms with van der Waals surface area (Å²) >= 11 is 0. The van der Waals surface area contributed by atoms with Crippen molar-refractivity contribution in [3.8, 4) is 5.75 Å². The highest BCUT2D eigenvalue weighted by molar-refractivity contribution is 14.0. The van der Waals surface area contributed by atoms with Gasteiger partial charge in [0.15, 0.2) is 5.96 Å². The fourth-order valence-corrected chi connectivity index (χ4v) is 2.53. The number of nitrogens with zero attached hydrogens (tertiary/aromatic N) is 2. The molecule has 0 atom stereocenters. The van der Waals surface area contributed by atoms with Crippen LogP contribution in [0.5, 0.6) is 5.75 Å². The topological polar surface area (TPSA) is 66.0 Å². The van der Waals surface area contributed by atoms with Gasteiger partial charge < -0.3 is 20.3 Å². The standard InChI is InChI=1S/C20H34N4O2.HI/c1-8-21-19(24(6)14-18(25)23-20(3,4)5)22-12-11-16-10-9-15(2)17(13-16)26-7;/h9-10,13H,8,11-12,14H2,1-7H3,(H,21,22)(H,23,25);1H. The minimum Gasteiger partial charge on any atom is -0.496 e. The Morgan fingerprint density at radius 3 is 2.52 bits per heavy atom. The Kier molecular flexibility index (Phi) is 11.4. The van der Waals surface area contributed by atoms with Crippen LogP contribution in [0.3, 0.4) is 0 Å². The van der Waals surface area contributed by atoms with Crippen molar-refractivity contribution in [2.75, 3.05) is 33.8 Å². The molecule has 1 aromatic carbocycles. The molecule has 0 spiro atoms. The molecule has 1 amide bonds. The van der Waals surface area contributed by atoms with Gasteiger partial charge in [-0.25, -0.2) is 0 Å². The first-order valence-corrected chi connectivity index (χ1v) is 9.10. The molecule has 154 valence electrons. The maximum absolute atomic E-state index is 12.1. The van der Waals surface area contributed by atoms with Crippen molar-refractivity contribution in [3.05, 3.63) is 29.3 Å². The number of amides is 1. The van der Waals surface area contributed by atoms with Crippen LogP contribution in [0.15, 0.2) is 23.2 Å². The smallest absolute Gasteiger partial charge is 0.240 e. The third-order valence-corrected chi connectivity index (χ3v) is 3.73. The third-order valence-electron chi connectivity index (χ3n) is 3.73. The number of carbonyl (C=O) groups excluding carboxylic acids is 1. The summed E-state index contributed by atoms with van der Waals surface area (Å²) in [6.45, 7) is 11.6. The van der Waals surface area contributed by atoms with Crippen molar-refractivity contribution in [3.63, 3.8) is 0 Å². The van der Waals surface area contributed by atoms with E-state index in [-0.39, 0.29) is 42.0 Å². The Morgan fingerprint density at radius 2 is 1.96 bits per heavy atom. The van der Waals surface area contributed by atoms with Gasteiger partial charge in [-0.05, 0) is 58.2 Å². The number of nitrogens with one attached hydrogen (secondary N) is 2. The average molecular weight is 490 g/mol. The van der Waals surface area contributed by atoms with E-state index < -0.39 is 0 Å². The number of carbonyl (C=O) groups is 1. The molecule has 27 heavy (non-hydrogen) atoms. The Hall–Kier alpha value is -1.51. The van der Waals surface area contributed by atoms with Crippen LogP contribution >= 0.6 is 24.0 Å². The number of methoxy groups -OCH3 is 1.